The van der Waals surface area contributed by atoms with E-state index in [1.54, 1.807) is 45.0 Å². The molecule has 0 fully saturated rings. The summed E-state index contributed by atoms with van der Waals surface area (Å²) in [7, 11) is -3.87. The highest BCUT2D eigenvalue weighted by atomic mass is 32.2. The van der Waals surface area contributed by atoms with Crippen LogP contribution in [0.1, 0.15) is 35.1 Å². The van der Waals surface area contributed by atoms with E-state index >= 15 is 0 Å². The van der Waals surface area contributed by atoms with Crippen molar-refractivity contribution >= 4 is 26.9 Å². The Hall–Kier alpha value is -2.64. The first-order chi connectivity index (χ1) is 13.1. The Bertz CT molecular complexity index is 1160. The summed E-state index contributed by atoms with van der Waals surface area (Å²) < 4.78 is 28.4. The van der Waals surface area contributed by atoms with Gasteiger partial charge in [0.1, 0.15) is 6.04 Å². The van der Waals surface area contributed by atoms with E-state index in [0.29, 0.717) is 27.6 Å². The van der Waals surface area contributed by atoms with Crippen molar-refractivity contribution < 1.29 is 24.1 Å². The maximum absolute atomic E-state index is 13.6. The number of hydrogen-bond donors (Lipinski definition) is 1. The highest BCUT2D eigenvalue weighted by molar-refractivity contribution is 7.90. The molecule has 0 aliphatic carbocycles. The summed E-state index contributed by atoms with van der Waals surface area (Å²) in [5.74, 6) is -1.77. The molecule has 0 bridgehead atoms. The number of aliphatic carboxylic acids is 1. The molecule has 0 spiro atoms. The third kappa shape index (κ3) is 3.21. The molecule has 0 saturated carbocycles. The molecule has 2 atom stereocenters. The summed E-state index contributed by atoms with van der Waals surface area (Å²) in [6.45, 7) is 7.21. The molecular formula is C21H24N2O4S. The van der Waals surface area contributed by atoms with Gasteiger partial charge in [0, 0.05) is 17.5 Å². The first kappa shape index (κ1) is 20.1. The predicted octanol–water partition coefficient (Wildman–Crippen LogP) is 1.27. The third-order valence-corrected chi connectivity index (χ3v) is 7.21. The van der Waals surface area contributed by atoms with E-state index in [1.807, 2.05) is 19.1 Å². The maximum atomic E-state index is 13.6. The number of aryl methyl sites for hydroxylation is 3. The zero-order chi connectivity index (χ0) is 20.8. The Morgan fingerprint density at radius 2 is 1.68 bits per heavy atom. The van der Waals surface area contributed by atoms with E-state index in [4.69, 9.17) is 0 Å². The molecule has 0 aliphatic heterocycles. The van der Waals surface area contributed by atoms with Crippen molar-refractivity contribution in [2.75, 3.05) is 0 Å². The van der Waals surface area contributed by atoms with Crippen molar-refractivity contribution in [1.29, 1.82) is 0 Å². The fourth-order valence-corrected chi connectivity index (χ4v) is 5.63. The number of aromatic nitrogens is 1. The van der Waals surface area contributed by atoms with Gasteiger partial charge in [-0.1, -0.05) is 42.8 Å². The van der Waals surface area contributed by atoms with Crippen LogP contribution in [0.15, 0.2) is 47.5 Å². The summed E-state index contributed by atoms with van der Waals surface area (Å²) in [6.07, 6.45) is 1.52. The molecule has 7 heteroatoms. The fourth-order valence-electron chi connectivity index (χ4n) is 3.83. The number of carboxylic acid groups (broad SMARTS) is 1. The second kappa shape index (κ2) is 7.07. The zero-order valence-corrected chi connectivity index (χ0v) is 17.2. The highest BCUT2D eigenvalue weighted by Crippen LogP contribution is 2.33. The molecule has 1 aromatic heterocycles. The quantitative estimate of drug-likeness (QED) is 0.696. The molecule has 0 radical (unpaired) electrons. The van der Waals surface area contributed by atoms with Crippen LogP contribution in [0.3, 0.4) is 0 Å². The summed E-state index contributed by atoms with van der Waals surface area (Å²) in [6, 6.07) is 9.77. The number of para-hydroxylation sites is 1. The Morgan fingerprint density at radius 3 is 2.25 bits per heavy atom. The molecule has 6 nitrogen and oxygen atoms in total. The van der Waals surface area contributed by atoms with Gasteiger partial charge < -0.3 is 15.6 Å². The lowest BCUT2D eigenvalue weighted by Crippen LogP contribution is -2.70. The Balaban J connectivity index is 2.29. The van der Waals surface area contributed by atoms with Crippen molar-refractivity contribution in [3.8, 4) is 0 Å². The second-order valence-corrected chi connectivity index (χ2v) is 9.10. The highest BCUT2D eigenvalue weighted by Gasteiger charge is 2.28. The lowest BCUT2D eigenvalue weighted by atomic mass is 9.93. The molecule has 3 aromatic rings. The van der Waals surface area contributed by atoms with Crippen molar-refractivity contribution in [1.82, 2.24) is 3.97 Å². The molecule has 0 amide bonds. The number of fused-ring (bicyclic) bond motifs is 1. The number of benzene rings is 2. The van der Waals surface area contributed by atoms with Crippen molar-refractivity contribution in [3.63, 3.8) is 0 Å². The minimum Gasteiger partial charge on any atom is -0.544 e. The average Bonchev–Trinajstić information content (AvgIpc) is 2.99. The number of rotatable bonds is 5. The van der Waals surface area contributed by atoms with Gasteiger partial charge in [0.05, 0.1) is 16.4 Å². The van der Waals surface area contributed by atoms with Crippen LogP contribution in [-0.2, 0) is 14.8 Å². The smallest absolute Gasteiger partial charge is 0.268 e. The normalized spacial score (nSPS) is 14.2. The Morgan fingerprint density at radius 1 is 1.11 bits per heavy atom. The molecule has 3 rings (SSSR count). The van der Waals surface area contributed by atoms with E-state index in [2.05, 4.69) is 5.73 Å². The topological polar surface area (TPSA) is 107 Å². The molecule has 1 heterocycles. The predicted molar refractivity (Wildman–Crippen MR) is 105 cm³/mol. The Labute approximate surface area is 164 Å². The van der Waals surface area contributed by atoms with Crippen LogP contribution in [0.2, 0.25) is 0 Å². The van der Waals surface area contributed by atoms with Gasteiger partial charge in [-0.3, -0.25) is 0 Å². The van der Waals surface area contributed by atoms with Gasteiger partial charge in [-0.05, 0) is 43.5 Å². The maximum Gasteiger partial charge on any atom is 0.268 e. The zero-order valence-electron chi connectivity index (χ0n) is 16.4. The minimum absolute atomic E-state index is 0.268. The average molecular weight is 401 g/mol. The SMILES string of the molecule is Cc1cc(C)c(S(=O)(=O)n2cc([C@H](C)[C@@H]([NH3+])C(=O)[O-])c3ccccc32)c(C)c1. The third-order valence-electron chi connectivity index (χ3n) is 5.23. The van der Waals surface area contributed by atoms with Crippen LogP contribution in [-0.4, -0.2) is 24.4 Å². The number of carbonyl (C=O) groups excluding carboxylic acids is 1. The van der Waals surface area contributed by atoms with Crippen LogP contribution in [0.5, 0.6) is 0 Å². The lowest BCUT2D eigenvalue weighted by Gasteiger charge is -2.17. The molecule has 0 unspecified atom stereocenters. The number of carbonyl (C=O) groups is 1. The summed E-state index contributed by atoms with van der Waals surface area (Å²) >= 11 is 0. The summed E-state index contributed by atoms with van der Waals surface area (Å²) in [5.41, 5.74) is 7.14. The van der Waals surface area contributed by atoms with Crippen molar-refractivity contribution in [3.05, 3.63) is 64.8 Å². The molecule has 0 saturated heterocycles. The first-order valence-electron chi connectivity index (χ1n) is 9.03. The monoisotopic (exact) mass is 400 g/mol. The lowest BCUT2D eigenvalue weighted by molar-refractivity contribution is -0.441. The standard InChI is InChI=1S/C21H24N2O4S/c1-12-9-13(2)20(14(3)10-12)28(26,27)23-11-17(15(4)19(22)21(24)25)16-7-5-6-8-18(16)23/h5-11,15,19H,22H2,1-4H3,(H,24,25)/t15-,19+/m0/s1. The van der Waals surface area contributed by atoms with E-state index in [9.17, 15) is 18.3 Å². The summed E-state index contributed by atoms with van der Waals surface area (Å²) in [5, 5.41) is 12.0. The Kier molecular flexibility index (Phi) is 5.08. The van der Waals surface area contributed by atoms with E-state index < -0.39 is 28.0 Å². The van der Waals surface area contributed by atoms with E-state index in [0.717, 1.165) is 5.56 Å². The fraction of sp³-hybridized carbons (Fsp3) is 0.286. The van der Waals surface area contributed by atoms with Crippen LogP contribution in [0.4, 0.5) is 0 Å². The van der Waals surface area contributed by atoms with Crippen LogP contribution >= 0.6 is 0 Å². The molecule has 2 aromatic carbocycles. The van der Waals surface area contributed by atoms with E-state index in [1.165, 1.54) is 10.2 Å². The van der Waals surface area contributed by atoms with E-state index in [-0.39, 0.29) is 4.90 Å². The molecular weight excluding hydrogens is 376 g/mol. The molecule has 28 heavy (non-hydrogen) atoms. The molecule has 0 aliphatic rings. The van der Waals surface area contributed by atoms with Gasteiger partial charge in [0.25, 0.3) is 10.0 Å². The van der Waals surface area contributed by atoms with Crippen LogP contribution in [0.25, 0.3) is 10.9 Å². The van der Waals surface area contributed by atoms with Gasteiger partial charge in [-0.15, -0.1) is 0 Å². The van der Waals surface area contributed by atoms with Crippen molar-refractivity contribution in [2.45, 2.75) is 44.6 Å². The minimum atomic E-state index is -3.87. The van der Waals surface area contributed by atoms with Gasteiger partial charge in [0.15, 0.2) is 0 Å². The van der Waals surface area contributed by atoms with Gasteiger partial charge >= 0.3 is 0 Å². The number of quaternary nitrogens is 1. The van der Waals surface area contributed by atoms with Gasteiger partial charge in [-0.2, -0.15) is 0 Å². The van der Waals surface area contributed by atoms with Crippen LogP contribution < -0.4 is 10.8 Å². The van der Waals surface area contributed by atoms with Crippen LogP contribution in [0, 0.1) is 20.8 Å². The number of nitrogens with zero attached hydrogens (tertiary/aromatic N) is 1. The molecule has 148 valence electrons. The first-order valence-corrected chi connectivity index (χ1v) is 10.5. The van der Waals surface area contributed by atoms with Gasteiger partial charge in [-0.25, -0.2) is 12.4 Å². The molecule has 3 N–H and O–H groups in total. The summed E-state index contributed by atoms with van der Waals surface area (Å²) in [4.78, 5) is 11.6. The van der Waals surface area contributed by atoms with Crippen molar-refractivity contribution in [2.24, 2.45) is 0 Å². The largest absolute Gasteiger partial charge is 0.544 e. The second-order valence-electron chi connectivity index (χ2n) is 7.34. The number of hydrogen-bond acceptors (Lipinski definition) is 4. The number of carboxylic acids is 1. The van der Waals surface area contributed by atoms with Gasteiger partial charge in [0.2, 0.25) is 0 Å².